The maximum atomic E-state index is 2.66. The van der Waals surface area contributed by atoms with E-state index in [2.05, 4.69) is 23.8 Å². The Bertz CT molecular complexity index is 144. The van der Waals surface area contributed by atoms with Crippen LogP contribution in [-0.4, -0.2) is 48.6 Å². The maximum absolute atomic E-state index is 2.66. The van der Waals surface area contributed by atoms with Crippen molar-refractivity contribution < 1.29 is 0 Å². The number of piperazine rings is 1. The largest absolute Gasteiger partial charge is 0.301 e. The van der Waals surface area contributed by atoms with Crippen molar-refractivity contribution in [1.29, 1.82) is 0 Å². The first-order chi connectivity index (χ1) is 5.31. The van der Waals surface area contributed by atoms with Gasteiger partial charge in [-0.1, -0.05) is 6.92 Å². The smallest absolute Gasteiger partial charge is 0.0239 e. The van der Waals surface area contributed by atoms with Gasteiger partial charge in [-0.15, -0.1) is 0 Å². The zero-order chi connectivity index (χ0) is 7.84. The van der Waals surface area contributed by atoms with Crippen LogP contribution in [0, 0.1) is 0 Å². The predicted octanol–water partition coefficient (Wildman–Crippen LogP) is 0.785. The standard InChI is InChI=1S/C9H18N2/c1-3-4-11-7-8-5-9(11)6-10(8)2/h8-9H,3-7H2,1-2H3/t8?,9-/m0/s1. The Balaban J connectivity index is 1.92. The van der Waals surface area contributed by atoms with E-state index >= 15 is 0 Å². The molecule has 0 aromatic rings. The van der Waals surface area contributed by atoms with Crippen molar-refractivity contribution >= 4 is 0 Å². The molecule has 0 radical (unpaired) electrons. The van der Waals surface area contributed by atoms with Gasteiger partial charge in [0.15, 0.2) is 0 Å². The van der Waals surface area contributed by atoms with Crippen molar-refractivity contribution in [3.8, 4) is 0 Å². The van der Waals surface area contributed by atoms with Crippen LogP contribution in [0.1, 0.15) is 19.8 Å². The van der Waals surface area contributed by atoms with E-state index in [1.165, 1.54) is 32.5 Å². The molecule has 1 unspecified atom stereocenters. The molecule has 2 aliphatic rings. The summed E-state index contributed by atoms with van der Waals surface area (Å²) in [5, 5.41) is 0. The fraction of sp³-hybridized carbons (Fsp3) is 1.00. The summed E-state index contributed by atoms with van der Waals surface area (Å²) < 4.78 is 0. The molecule has 11 heavy (non-hydrogen) atoms. The number of likely N-dealkylation sites (N-methyl/N-ethyl adjacent to an activating group) is 1. The van der Waals surface area contributed by atoms with Crippen molar-refractivity contribution in [1.82, 2.24) is 9.80 Å². The Labute approximate surface area is 69.2 Å². The van der Waals surface area contributed by atoms with Gasteiger partial charge in [-0.2, -0.15) is 0 Å². The normalized spacial score (nSPS) is 38.7. The first kappa shape index (κ1) is 7.56. The molecule has 2 heteroatoms. The Morgan fingerprint density at radius 3 is 2.55 bits per heavy atom. The van der Waals surface area contributed by atoms with Gasteiger partial charge in [-0.25, -0.2) is 0 Å². The van der Waals surface area contributed by atoms with Crippen molar-refractivity contribution in [3.05, 3.63) is 0 Å². The Morgan fingerprint density at radius 2 is 2.09 bits per heavy atom. The summed E-state index contributed by atoms with van der Waals surface area (Å²) in [6, 6.07) is 1.77. The lowest BCUT2D eigenvalue weighted by Crippen LogP contribution is -2.44. The molecule has 2 aliphatic heterocycles. The molecule has 0 saturated carbocycles. The summed E-state index contributed by atoms with van der Waals surface area (Å²) in [5.74, 6) is 0. The first-order valence-electron chi connectivity index (χ1n) is 4.75. The second kappa shape index (κ2) is 2.76. The minimum absolute atomic E-state index is 0.881. The van der Waals surface area contributed by atoms with E-state index in [1.54, 1.807) is 0 Å². The van der Waals surface area contributed by atoms with Crippen LogP contribution in [0.4, 0.5) is 0 Å². The van der Waals surface area contributed by atoms with E-state index in [0.29, 0.717) is 0 Å². The van der Waals surface area contributed by atoms with E-state index < -0.39 is 0 Å². The number of fused-ring (bicyclic) bond motifs is 2. The van der Waals surface area contributed by atoms with Crippen LogP contribution in [0.25, 0.3) is 0 Å². The quantitative estimate of drug-likeness (QED) is 0.580. The van der Waals surface area contributed by atoms with Gasteiger partial charge in [-0.05, 0) is 26.4 Å². The van der Waals surface area contributed by atoms with Gasteiger partial charge in [0, 0.05) is 25.2 Å². The first-order valence-corrected chi connectivity index (χ1v) is 4.75. The zero-order valence-corrected chi connectivity index (χ0v) is 7.58. The third-order valence-corrected chi connectivity index (χ3v) is 3.14. The monoisotopic (exact) mass is 154 g/mol. The molecule has 2 atom stereocenters. The molecular weight excluding hydrogens is 136 g/mol. The summed E-state index contributed by atoms with van der Waals surface area (Å²) >= 11 is 0. The second-order valence-corrected chi connectivity index (χ2v) is 3.98. The fourth-order valence-electron chi connectivity index (χ4n) is 2.51. The predicted molar refractivity (Wildman–Crippen MR) is 46.7 cm³/mol. The van der Waals surface area contributed by atoms with E-state index in [0.717, 1.165) is 12.1 Å². The topological polar surface area (TPSA) is 6.48 Å². The highest BCUT2D eigenvalue weighted by molar-refractivity contribution is 4.97. The number of nitrogens with zero attached hydrogens (tertiary/aromatic N) is 2. The van der Waals surface area contributed by atoms with Crippen LogP contribution in [0.5, 0.6) is 0 Å². The molecule has 0 N–H and O–H groups in total. The van der Waals surface area contributed by atoms with E-state index in [4.69, 9.17) is 0 Å². The van der Waals surface area contributed by atoms with Gasteiger partial charge in [-0.3, -0.25) is 4.90 Å². The number of hydrogen-bond donors (Lipinski definition) is 0. The molecule has 0 spiro atoms. The van der Waals surface area contributed by atoms with Gasteiger partial charge >= 0.3 is 0 Å². The Morgan fingerprint density at radius 1 is 1.27 bits per heavy atom. The number of rotatable bonds is 2. The van der Waals surface area contributed by atoms with Gasteiger partial charge in [0.2, 0.25) is 0 Å². The van der Waals surface area contributed by atoms with Crippen LogP contribution in [0.2, 0.25) is 0 Å². The lowest BCUT2D eigenvalue weighted by Gasteiger charge is -2.31. The number of likely N-dealkylation sites (tertiary alicyclic amines) is 2. The minimum atomic E-state index is 0.881. The van der Waals surface area contributed by atoms with Gasteiger partial charge in [0.1, 0.15) is 0 Å². The average molecular weight is 154 g/mol. The third kappa shape index (κ3) is 1.18. The fourth-order valence-corrected chi connectivity index (χ4v) is 2.51. The molecule has 2 nitrogen and oxygen atoms in total. The lowest BCUT2D eigenvalue weighted by atomic mass is 10.2. The van der Waals surface area contributed by atoms with Crippen LogP contribution in [0.15, 0.2) is 0 Å². The average Bonchev–Trinajstić information content (AvgIpc) is 2.47. The summed E-state index contributed by atoms with van der Waals surface area (Å²) in [5.41, 5.74) is 0. The van der Waals surface area contributed by atoms with Crippen molar-refractivity contribution in [2.24, 2.45) is 0 Å². The zero-order valence-electron chi connectivity index (χ0n) is 7.58. The number of hydrogen-bond acceptors (Lipinski definition) is 2. The molecular formula is C9H18N2. The maximum Gasteiger partial charge on any atom is 0.0239 e. The molecule has 0 amide bonds. The highest BCUT2D eigenvalue weighted by Crippen LogP contribution is 2.28. The van der Waals surface area contributed by atoms with Gasteiger partial charge < -0.3 is 4.90 Å². The van der Waals surface area contributed by atoms with E-state index in [-0.39, 0.29) is 0 Å². The molecule has 0 aliphatic carbocycles. The molecule has 64 valence electrons. The molecule has 0 aromatic heterocycles. The summed E-state index contributed by atoms with van der Waals surface area (Å²) in [6.07, 6.45) is 2.74. The molecule has 0 aromatic carbocycles. The summed E-state index contributed by atoms with van der Waals surface area (Å²) in [7, 11) is 2.26. The molecule has 2 saturated heterocycles. The van der Waals surface area contributed by atoms with Gasteiger partial charge in [0.25, 0.3) is 0 Å². The SMILES string of the molecule is CCCN1CC2C[C@H]1CN2C. The molecule has 2 fully saturated rings. The van der Waals surface area contributed by atoms with Crippen molar-refractivity contribution in [3.63, 3.8) is 0 Å². The lowest BCUT2D eigenvalue weighted by molar-refractivity contribution is 0.150. The summed E-state index contributed by atoms with van der Waals surface area (Å²) in [4.78, 5) is 5.17. The van der Waals surface area contributed by atoms with Gasteiger partial charge in [0.05, 0.1) is 0 Å². The second-order valence-electron chi connectivity index (χ2n) is 3.98. The van der Waals surface area contributed by atoms with Crippen molar-refractivity contribution in [2.45, 2.75) is 31.8 Å². The highest BCUT2D eigenvalue weighted by Gasteiger charge is 2.40. The van der Waals surface area contributed by atoms with E-state index in [9.17, 15) is 0 Å². The third-order valence-electron chi connectivity index (χ3n) is 3.14. The Kier molecular flexibility index (Phi) is 1.90. The van der Waals surface area contributed by atoms with E-state index in [1.807, 2.05) is 0 Å². The highest BCUT2D eigenvalue weighted by atomic mass is 15.3. The molecule has 2 heterocycles. The molecule has 2 bridgehead atoms. The van der Waals surface area contributed by atoms with Crippen molar-refractivity contribution in [2.75, 3.05) is 26.7 Å². The molecule has 2 rings (SSSR count). The Hall–Kier alpha value is -0.0800. The van der Waals surface area contributed by atoms with Crippen LogP contribution in [-0.2, 0) is 0 Å². The van der Waals surface area contributed by atoms with Crippen LogP contribution < -0.4 is 0 Å². The summed E-state index contributed by atoms with van der Waals surface area (Å²) in [6.45, 7) is 6.23. The minimum Gasteiger partial charge on any atom is -0.301 e. The van der Waals surface area contributed by atoms with Crippen LogP contribution >= 0.6 is 0 Å². The van der Waals surface area contributed by atoms with Crippen LogP contribution in [0.3, 0.4) is 0 Å².